The highest BCUT2D eigenvalue weighted by molar-refractivity contribution is 5.96. The number of nitrogens with one attached hydrogen (secondary N) is 1. The van der Waals surface area contributed by atoms with Gasteiger partial charge in [-0.2, -0.15) is 5.48 Å². The van der Waals surface area contributed by atoms with E-state index in [1.54, 1.807) is 20.8 Å². The standard InChI is InChI=1S/C19H27NO7/c1-9(2)17(22)27-14-8-19(5,24)15(20-25)7-12(21)10(3)6-13-16(14)11(4)18(23)26-13/h6,9,13-16,20,24-25H,4,7-8H2,1-3,5H3/b10-6-/t13-,14-,15+,16+,19-/m1/s1. The summed E-state index contributed by atoms with van der Waals surface area (Å²) in [7, 11) is 0. The normalized spacial score (nSPS) is 36.7. The van der Waals surface area contributed by atoms with E-state index in [2.05, 4.69) is 6.58 Å². The van der Waals surface area contributed by atoms with Gasteiger partial charge >= 0.3 is 11.9 Å². The highest BCUT2D eigenvalue weighted by atomic mass is 16.6. The number of hydroxylamine groups is 1. The van der Waals surface area contributed by atoms with E-state index in [9.17, 15) is 24.7 Å². The zero-order valence-corrected chi connectivity index (χ0v) is 16.0. The second kappa shape index (κ2) is 7.92. The minimum atomic E-state index is -1.61. The van der Waals surface area contributed by atoms with Crippen LogP contribution in [0.4, 0.5) is 0 Å². The molecule has 0 unspecified atom stereocenters. The third-order valence-electron chi connectivity index (χ3n) is 5.17. The second-order valence-corrected chi connectivity index (χ2v) is 7.77. The molecule has 1 aliphatic carbocycles. The van der Waals surface area contributed by atoms with Gasteiger partial charge in [-0.1, -0.05) is 20.4 Å². The maximum Gasteiger partial charge on any atom is 0.334 e. The molecule has 5 atom stereocenters. The van der Waals surface area contributed by atoms with Crippen LogP contribution in [0, 0.1) is 11.8 Å². The molecule has 1 saturated heterocycles. The quantitative estimate of drug-likeness (QED) is 0.377. The van der Waals surface area contributed by atoms with Gasteiger partial charge in [0, 0.05) is 18.4 Å². The van der Waals surface area contributed by atoms with E-state index in [1.807, 2.05) is 5.48 Å². The minimum absolute atomic E-state index is 0.114. The predicted octanol–water partition coefficient (Wildman–Crippen LogP) is 1.06. The number of Topliss-reactive ketones (excluding diaryl/α,β-unsaturated/α-hetero) is 1. The van der Waals surface area contributed by atoms with Crippen LogP contribution in [-0.2, 0) is 23.9 Å². The number of allylic oxidation sites excluding steroid dienone is 1. The first-order valence-corrected chi connectivity index (χ1v) is 8.91. The second-order valence-electron chi connectivity index (χ2n) is 7.77. The fourth-order valence-electron chi connectivity index (χ4n) is 3.35. The maximum atomic E-state index is 12.4. The first-order chi connectivity index (χ1) is 12.5. The summed E-state index contributed by atoms with van der Waals surface area (Å²) in [5, 5.41) is 20.4. The number of fused-ring (bicyclic) bond motifs is 1. The molecule has 8 nitrogen and oxygen atoms in total. The summed E-state index contributed by atoms with van der Waals surface area (Å²) in [5.74, 6) is -2.61. The Morgan fingerprint density at radius 1 is 1.44 bits per heavy atom. The van der Waals surface area contributed by atoms with Gasteiger partial charge in [0.25, 0.3) is 0 Å². The largest absolute Gasteiger partial charge is 0.461 e. The lowest BCUT2D eigenvalue weighted by atomic mass is 9.78. The molecule has 0 saturated carbocycles. The number of ether oxygens (including phenoxy) is 2. The predicted molar refractivity (Wildman–Crippen MR) is 94.6 cm³/mol. The number of rotatable bonds is 3. The first kappa shape index (κ1) is 21.3. The zero-order valence-electron chi connectivity index (χ0n) is 16.0. The van der Waals surface area contributed by atoms with Crippen molar-refractivity contribution in [2.75, 3.05) is 0 Å². The molecule has 150 valence electrons. The Labute approximate surface area is 158 Å². The van der Waals surface area contributed by atoms with Crippen molar-refractivity contribution in [1.82, 2.24) is 5.48 Å². The van der Waals surface area contributed by atoms with Crippen molar-refractivity contribution < 1.29 is 34.2 Å². The van der Waals surface area contributed by atoms with Crippen molar-refractivity contribution in [2.45, 2.75) is 64.4 Å². The Kier molecular flexibility index (Phi) is 6.24. The number of hydrogen-bond donors (Lipinski definition) is 3. The Balaban J connectivity index is 2.53. The lowest BCUT2D eigenvalue weighted by molar-refractivity contribution is -0.161. The highest BCUT2D eigenvalue weighted by Gasteiger charge is 2.49. The molecule has 0 radical (unpaired) electrons. The topological polar surface area (TPSA) is 122 Å². The van der Waals surface area contributed by atoms with Crippen LogP contribution in [0.15, 0.2) is 23.8 Å². The molecular weight excluding hydrogens is 354 g/mol. The molecule has 2 aliphatic rings. The van der Waals surface area contributed by atoms with Gasteiger partial charge in [0.1, 0.15) is 12.2 Å². The number of hydrogen-bond acceptors (Lipinski definition) is 8. The van der Waals surface area contributed by atoms with Crippen molar-refractivity contribution in [2.24, 2.45) is 11.8 Å². The summed E-state index contributed by atoms with van der Waals surface area (Å²) >= 11 is 0. The van der Waals surface area contributed by atoms with Crippen LogP contribution < -0.4 is 5.48 Å². The van der Waals surface area contributed by atoms with Crippen LogP contribution >= 0.6 is 0 Å². The molecule has 1 fully saturated rings. The van der Waals surface area contributed by atoms with Gasteiger partial charge in [0.15, 0.2) is 5.78 Å². The SMILES string of the molecule is C=C1C(=O)O[C@@H]2/C=C(/C)C(=O)C[C@H](NO)[C@](C)(O)C[C@@H](OC(=O)C(C)C)[C@@H]12. The molecule has 0 aromatic rings. The van der Waals surface area contributed by atoms with Crippen LogP contribution in [0.3, 0.4) is 0 Å². The molecule has 2 rings (SSSR count). The number of aliphatic hydroxyl groups is 1. The van der Waals surface area contributed by atoms with E-state index in [4.69, 9.17) is 9.47 Å². The Hall–Kier alpha value is -2.03. The summed E-state index contributed by atoms with van der Waals surface area (Å²) in [6, 6.07) is -0.989. The number of carbonyl (C=O) groups excluding carboxylic acids is 3. The third-order valence-corrected chi connectivity index (χ3v) is 5.17. The molecule has 0 aromatic heterocycles. The van der Waals surface area contributed by atoms with Gasteiger partial charge in [-0.05, 0) is 25.5 Å². The smallest absolute Gasteiger partial charge is 0.334 e. The van der Waals surface area contributed by atoms with Crippen LogP contribution in [0.5, 0.6) is 0 Å². The van der Waals surface area contributed by atoms with Gasteiger partial charge in [-0.25, -0.2) is 4.79 Å². The minimum Gasteiger partial charge on any atom is -0.461 e. The van der Waals surface area contributed by atoms with Crippen LogP contribution in [0.2, 0.25) is 0 Å². The van der Waals surface area contributed by atoms with Crippen molar-refractivity contribution >= 4 is 17.7 Å². The molecule has 8 heteroatoms. The average Bonchev–Trinajstić information content (AvgIpc) is 2.84. The van der Waals surface area contributed by atoms with Crippen LogP contribution in [0.1, 0.15) is 40.5 Å². The van der Waals surface area contributed by atoms with Gasteiger partial charge in [-0.3, -0.25) is 9.59 Å². The lowest BCUT2D eigenvalue weighted by Gasteiger charge is -2.37. The average molecular weight is 381 g/mol. The van der Waals surface area contributed by atoms with E-state index in [0.29, 0.717) is 5.57 Å². The van der Waals surface area contributed by atoms with Gasteiger partial charge in [0.2, 0.25) is 0 Å². The van der Waals surface area contributed by atoms with E-state index < -0.39 is 47.6 Å². The summed E-state index contributed by atoms with van der Waals surface area (Å²) in [6.45, 7) is 10.1. The molecule has 27 heavy (non-hydrogen) atoms. The molecular formula is C19H27NO7. The van der Waals surface area contributed by atoms with E-state index in [1.165, 1.54) is 13.0 Å². The molecule has 3 N–H and O–H groups in total. The van der Waals surface area contributed by atoms with Gasteiger partial charge in [-0.15, -0.1) is 0 Å². The fraction of sp³-hybridized carbons (Fsp3) is 0.632. The number of esters is 2. The molecule has 0 aromatic carbocycles. The van der Waals surface area contributed by atoms with Crippen LogP contribution in [-0.4, -0.2) is 51.9 Å². The highest BCUT2D eigenvalue weighted by Crippen LogP contribution is 2.38. The fourth-order valence-corrected chi connectivity index (χ4v) is 3.35. The Morgan fingerprint density at radius 3 is 2.63 bits per heavy atom. The number of ketones is 1. The molecule has 1 heterocycles. The zero-order chi connectivity index (χ0) is 20.5. The van der Waals surface area contributed by atoms with Gasteiger partial charge < -0.3 is 19.8 Å². The number of carbonyl (C=O) groups is 3. The Bertz CT molecular complexity index is 680. The Morgan fingerprint density at radius 2 is 2.07 bits per heavy atom. The third kappa shape index (κ3) is 4.45. The summed E-state index contributed by atoms with van der Waals surface area (Å²) in [5.41, 5.74) is 0.800. The van der Waals surface area contributed by atoms with E-state index in [0.717, 1.165) is 0 Å². The van der Waals surface area contributed by atoms with Crippen molar-refractivity contribution in [3.63, 3.8) is 0 Å². The van der Waals surface area contributed by atoms with Crippen LogP contribution in [0.25, 0.3) is 0 Å². The lowest BCUT2D eigenvalue weighted by Crippen LogP contribution is -2.53. The van der Waals surface area contributed by atoms with Crippen molar-refractivity contribution in [1.29, 1.82) is 0 Å². The maximum absolute atomic E-state index is 12.4. The monoisotopic (exact) mass is 381 g/mol. The summed E-state index contributed by atoms with van der Waals surface area (Å²) < 4.78 is 10.9. The van der Waals surface area contributed by atoms with E-state index in [-0.39, 0.29) is 24.2 Å². The molecule has 0 amide bonds. The molecule has 1 aliphatic heterocycles. The van der Waals surface area contributed by atoms with Crippen molar-refractivity contribution in [3.05, 3.63) is 23.8 Å². The summed E-state index contributed by atoms with van der Waals surface area (Å²) in [4.78, 5) is 36.7. The molecule has 0 spiro atoms. The molecule has 0 bridgehead atoms. The summed E-state index contributed by atoms with van der Waals surface area (Å²) in [6.07, 6.45) is -0.544. The first-order valence-electron chi connectivity index (χ1n) is 8.91. The van der Waals surface area contributed by atoms with Crippen molar-refractivity contribution in [3.8, 4) is 0 Å². The van der Waals surface area contributed by atoms with E-state index >= 15 is 0 Å². The van der Waals surface area contributed by atoms with Gasteiger partial charge in [0.05, 0.1) is 23.5 Å².